The van der Waals surface area contributed by atoms with Crippen LogP contribution in [0.15, 0.2) is 27.5 Å². The van der Waals surface area contributed by atoms with Crippen LogP contribution >= 0.6 is 0 Å². The molecule has 28 heavy (non-hydrogen) atoms. The van der Waals surface area contributed by atoms with Crippen molar-refractivity contribution in [2.75, 3.05) is 27.3 Å². The van der Waals surface area contributed by atoms with Crippen molar-refractivity contribution >= 4 is 10.0 Å². The summed E-state index contributed by atoms with van der Waals surface area (Å²) in [4.78, 5) is -0.00712. The summed E-state index contributed by atoms with van der Waals surface area (Å²) in [6.45, 7) is 0.170. The Kier molecular flexibility index (Phi) is 5.53. The SMILES string of the molecule is COc1ccc(S(=O)(=O)N2CCCC(c3nnc(C(F)(F)F)o3)C2)cc1OC. The van der Waals surface area contributed by atoms with Gasteiger partial charge >= 0.3 is 12.1 Å². The lowest BCUT2D eigenvalue weighted by Crippen LogP contribution is -2.39. The summed E-state index contributed by atoms with van der Waals surface area (Å²) in [6, 6.07) is 4.20. The molecule has 1 aromatic carbocycles. The van der Waals surface area contributed by atoms with Gasteiger partial charge in [0, 0.05) is 19.2 Å². The van der Waals surface area contributed by atoms with E-state index in [-0.39, 0.29) is 29.6 Å². The Balaban J connectivity index is 1.84. The number of aromatic nitrogens is 2. The lowest BCUT2D eigenvalue weighted by molar-refractivity contribution is -0.157. The van der Waals surface area contributed by atoms with Crippen LogP contribution in [0.1, 0.15) is 30.5 Å². The molecule has 1 atom stereocenters. The highest BCUT2D eigenvalue weighted by molar-refractivity contribution is 7.89. The number of nitrogens with zero attached hydrogens (tertiary/aromatic N) is 3. The van der Waals surface area contributed by atoms with Gasteiger partial charge in [0.1, 0.15) is 0 Å². The molecule has 0 radical (unpaired) electrons. The van der Waals surface area contributed by atoms with Crippen molar-refractivity contribution in [2.45, 2.75) is 29.8 Å². The van der Waals surface area contributed by atoms with E-state index in [0.29, 0.717) is 18.6 Å². The molecule has 2 aromatic rings. The van der Waals surface area contributed by atoms with E-state index in [1.165, 1.54) is 36.7 Å². The molecule has 1 saturated heterocycles. The third kappa shape index (κ3) is 3.92. The molecule has 1 aliphatic rings. The first-order valence-corrected chi connectivity index (χ1v) is 9.73. The predicted molar refractivity (Wildman–Crippen MR) is 89.6 cm³/mol. The van der Waals surface area contributed by atoms with E-state index in [4.69, 9.17) is 13.9 Å². The molecule has 0 saturated carbocycles. The summed E-state index contributed by atoms with van der Waals surface area (Å²) < 4.78 is 80.1. The monoisotopic (exact) mass is 421 g/mol. The van der Waals surface area contributed by atoms with E-state index in [9.17, 15) is 21.6 Å². The number of alkyl halides is 3. The fourth-order valence-corrected chi connectivity index (χ4v) is 4.54. The molecule has 8 nitrogen and oxygen atoms in total. The zero-order valence-corrected chi connectivity index (χ0v) is 15.9. The first-order chi connectivity index (χ1) is 13.2. The van der Waals surface area contributed by atoms with Crippen molar-refractivity contribution in [3.8, 4) is 11.5 Å². The standard InChI is InChI=1S/C16H18F3N3O5S/c1-25-12-6-5-11(8-13(12)26-2)28(23,24)22-7-3-4-10(9-22)14-20-21-15(27-14)16(17,18)19/h5-6,8,10H,3-4,7,9H2,1-2H3. The summed E-state index contributed by atoms with van der Waals surface area (Å²) in [5.74, 6) is -1.65. The largest absolute Gasteiger partial charge is 0.493 e. The number of benzene rings is 1. The van der Waals surface area contributed by atoms with Gasteiger partial charge in [0.25, 0.3) is 0 Å². The summed E-state index contributed by atoms with van der Waals surface area (Å²) in [7, 11) is -1.08. The number of halogens is 3. The van der Waals surface area contributed by atoms with Crippen LogP contribution in [-0.4, -0.2) is 50.2 Å². The van der Waals surface area contributed by atoms with Crippen LogP contribution in [0.2, 0.25) is 0 Å². The van der Waals surface area contributed by atoms with Gasteiger partial charge in [-0.3, -0.25) is 0 Å². The number of hydrogen-bond acceptors (Lipinski definition) is 7. The van der Waals surface area contributed by atoms with Crippen molar-refractivity contribution in [3.05, 3.63) is 30.0 Å². The van der Waals surface area contributed by atoms with Gasteiger partial charge in [0.15, 0.2) is 11.5 Å². The Morgan fingerprint density at radius 1 is 1.18 bits per heavy atom. The molecule has 2 heterocycles. The van der Waals surface area contributed by atoms with E-state index < -0.39 is 28.0 Å². The predicted octanol–water partition coefficient (Wildman–Crippen LogP) is 2.67. The van der Waals surface area contributed by atoms with E-state index in [2.05, 4.69) is 10.2 Å². The van der Waals surface area contributed by atoms with Crippen molar-refractivity contribution in [1.82, 2.24) is 14.5 Å². The minimum Gasteiger partial charge on any atom is -0.493 e. The Bertz CT molecular complexity index is 945. The quantitative estimate of drug-likeness (QED) is 0.733. The lowest BCUT2D eigenvalue weighted by Gasteiger charge is -2.30. The van der Waals surface area contributed by atoms with Crippen LogP contribution in [0.25, 0.3) is 0 Å². The third-order valence-electron chi connectivity index (χ3n) is 4.41. The molecule has 3 rings (SSSR count). The molecule has 154 valence electrons. The zero-order valence-electron chi connectivity index (χ0n) is 15.1. The fraction of sp³-hybridized carbons (Fsp3) is 0.500. The second kappa shape index (κ2) is 7.59. The molecule has 12 heteroatoms. The van der Waals surface area contributed by atoms with Crippen molar-refractivity contribution < 1.29 is 35.5 Å². The Morgan fingerprint density at radius 3 is 2.50 bits per heavy atom. The van der Waals surface area contributed by atoms with Gasteiger partial charge in [-0.15, -0.1) is 10.2 Å². The molecular formula is C16H18F3N3O5S. The van der Waals surface area contributed by atoms with Crippen molar-refractivity contribution in [3.63, 3.8) is 0 Å². The van der Waals surface area contributed by atoms with Gasteiger partial charge in [-0.1, -0.05) is 0 Å². The fourth-order valence-electron chi connectivity index (χ4n) is 3.00. The van der Waals surface area contributed by atoms with Gasteiger partial charge in [0.2, 0.25) is 15.9 Å². The van der Waals surface area contributed by atoms with Gasteiger partial charge in [0.05, 0.1) is 25.0 Å². The highest BCUT2D eigenvalue weighted by Gasteiger charge is 2.40. The summed E-state index contributed by atoms with van der Waals surface area (Å²) in [6.07, 6.45) is -3.86. The molecule has 0 bridgehead atoms. The van der Waals surface area contributed by atoms with Crippen LogP contribution in [0.5, 0.6) is 11.5 Å². The van der Waals surface area contributed by atoms with Crippen LogP contribution in [0, 0.1) is 0 Å². The highest BCUT2D eigenvalue weighted by Crippen LogP contribution is 2.35. The molecule has 1 fully saturated rings. The van der Waals surface area contributed by atoms with E-state index in [1.807, 2.05) is 0 Å². The van der Waals surface area contributed by atoms with Crippen molar-refractivity contribution in [1.29, 1.82) is 0 Å². The maximum absolute atomic E-state index is 13.0. The van der Waals surface area contributed by atoms with Crippen molar-refractivity contribution in [2.24, 2.45) is 0 Å². The second-order valence-corrected chi connectivity index (χ2v) is 8.10. The Hall–Kier alpha value is -2.34. The number of sulfonamides is 1. The molecule has 0 aliphatic carbocycles. The number of ether oxygens (including phenoxy) is 2. The minimum absolute atomic E-state index is 0.00712. The first kappa shape index (κ1) is 20.4. The van der Waals surface area contributed by atoms with Crippen LogP contribution in [0.4, 0.5) is 13.2 Å². The molecule has 0 N–H and O–H groups in total. The maximum atomic E-state index is 13.0. The summed E-state index contributed by atoms with van der Waals surface area (Å²) in [5.41, 5.74) is 0. The van der Waals surface area contributed by atoms with E-state index in [0.717, 1.165) is 0 Å². The van der Waals surface area contributed by atoms with Crippen LogP contribution < -0.4 is 9.47 Å². The van der Waals surface area contributed by atoms with Crippen LogP contribution in [0.3, 0.4) is 0 Å². The topological polar surface area (TPSA) is 94.8 Å². The van der Waals surface area contributed by atoms with E-state index >= 15 is 0 Å². The van der Waals surface area contributed by atoms with Gasteiger partial charge in [-0.2, -0.15) is 17.5 Å². The summed E-state index contributed by atoms with van der Waals surface area (Å²) in [5, 5.41) is 6.46. The average Bonchev–Trinajstić information content (AvgIpc) is 3.18. The second-order valence-electron chi connectivity index (χ2n) is 6.16. The van der Waals surface area contributed by atoms with Crippen LogP contribution in [-0.2, 0) is 16.2 Å². The maximum Gasteiger partial charge on any atom is 0.470 e. The third-order valence-corrected chi connectivity index (χ3v) is 6.27. The Morgan fingerprint density at radius 2 is 1.89 bits per heavy atom. The molecule has 1 unspecified atom stereocenters. The number of rotatable bonds is 5. The summed E-state index contributed by atoms with van der Waals surface area (Å²) >= 11 is 0. The molecule has 1 aliphatic heterocycles. The van der Waals surface area contributed by atoms with E-state index in [1.54, 1.807) is 0 Å². The Labute approximate surface area is 159 Å². The zero-order chi connectivity index (χ0) is 20.5. The average molecular weight is 421 g/mol. The minimum atomic E-state index is -4.74. The molecule has 0 spiro atoms. The first-order valence-electron chi connectivity index (χ1n) is 8.29. The molecule has 0 amide bonds. The molecule has 1 aromatic heterocycles. The number of methoxy groups -OCH3 is 2. The number of piperidine rings is 1. The number of hydrogen-bond donors (Lipinski definition) is 0. The molecular weight excluding hydrogens is 403 g/mol. The normalized spacial score (nSPS) is 18.8. The lowest BCUT2D eigenvalue weighted by atomic mass is 10.00. The smallest absolute Gasteiger partial charge is 0.470 e. The van der Waals surface area contributed by atoms with Gasteiger partial charge in [-0.05, 0) is 25.0 Å². The van der Waals surface area contributed by atoms with Gasteiger partial charge < -0.3 is 13.9 Å². The van der Waals surface area contributed by atoms with Gasteiger partial charge in [-0.25, -0.2) is 8.42 Å². The highest BCUT2D eigenvalue weighted by atomic mass is 32.2.